The molecule has 0 heterocycles. The second-order valence-corrected chi connectivity index (χ2v) is 4.16. The van der Waals surface area contributed by atoms with E-state index in [4.69, 9.17) is 5.73 Å². The van der Waals surface area contributed by atoms with Gasteiger partial charge in [0.15, 0.2) is 0 Å². The van der Waals surface area contributed by atoms with E-state index in [0.717, 1.165) is 6.07 Å². The quantitative estimate of drug-likeness (QED) is 0.542. The van der Waals surface area contributed by atoms with Crippen LogP contribution < -0.4 is 11.1 Å². The SMILES string of the molecule is Cc1cc(NCC(N)C(C)O)c([N+](=O)[O-])cc1F. The van der Waals surface area contributed by atoms with Crippen molar-refractivity contribution in [1.82, 2.24) is 0 Å². The molecule has 1 rings (SSSR count). The van der Waals surface area contributed by atoms with E-state index in [0.29, 0.717) is 5.56 Å². The van der Waals surface area contributed by atoms with E-state index in [1.807, 2.05) is 0 Å². The highest BCUT2D eigenvalue weighted by Gasteiger charge is 2.18. The molecule has 0 bridgehead atoms. The molecule has 0 aromatic heterocycles. The Labute approximate surface area is 104 Å². The van der Waals surface area contributed by atoms with Gasteiger partial charge in [-0.25, -0.2) is 4.39 Å². The minimum atomic E-state index is -0.738. The summed E-state index contributed by atoms with van der Waals surface area (Å²) in [6.07, 6.45) is -0.738. The highest BCUT2D eigenvalue weighted by Crippen LogP contribution is 2.27. The van der Waals surface area contributed by atoms with E-state index < -0.39 is 22.9 Å². The normalized spacial score (nSPS) is 14.1. The molecule has 0 saturated heterocycles. The number of anilines is 1. The van der Waals surface area contributed by atoms with Crippen LogP contribution in [-0.2, 0) is 0 Å². The molecular weight excluding hydrogens is 241 g/mol. The van der Waals surface area contributed by atoms with Gasteiger partial charge >= 0.3 is 0 Å². The number of aryl methyl sites for hydroxylation is 1. The summed E-state index contributed by atoms with van der Waals surface area (Å²) in [7, 11) is 0. The summed E-state index contributed by atoms with van der Waals surface area (Å²) in [5.41, 5.74) is 5.74. The first-order valence-electron chi connectivity index (χ1n) is 5.45. The zero-order chi connectivity index (χ0) is 13.9. The van der Waals surface area contributed by atoms with Crippen molar-refractivity contribution in [1.29, 1.82) is 0 Å². The molecule has 0 amide bonds. The highest BCUT2D eigenvalue weighted by molar-refractivity contribution is 5.63. The third kappa shape index (κ3) is 3.38. The molecule has 0 aliphatic carbocycles. The lowest BCUT2D eigenvalue weighted by atomic mass is 10.1. The standard InChI is InChI=1S/C11H16FN3O3/c1-6-3-10(14-5-9(13)7(2)16)11(15(17)18)4-8(6)12/h3-4,7,9,14,16H,5,13H2,1-2H3. The van der Waals surface area contributed by atoms with Crippen LogP contribution in [0.25, 0.3) is 0 Å². The molecule has 0 aliphatic heterocycles. The number of nitrogens with two attached hydrogens (primary N) is 1. The molecule has 100 valence electrons. The molecule has 0 radical (unpaired) electrons. The minimum absolute atomic E-state index is 0.156. The maximum absolute atomic E-state index is 13.2. The fraction of sp³-hybridized carbons (Fsp3) is 0.455. The molecule has 1 aromatic carbocycles. The second-order valence-electron chi connectivity index (χ2n) is 4.16. The average molecular weight is 257 g/mol. The van der Waals surface area contributed by atoms with Gasteiger partial charge in [0.2, 0.25) is 0 Å². The van der Waals surface area contributed by atoms with Crippen LogP contribution in [0.2, 0.25) is 0 Å². The molecule has 0 aliphatic rings. The number of nitro groups is 1. The van der Waals surface area contributed by atoms with Gasteiger partial charge in [0.25, 0.3) is 5.69 Å². The molecule has 0 fully saturated rings. The number of aliphatic hydroxyl groups excluding tert-OH is 1. The van der Waals surface area contributed by atoms with Crippen molar-refractivity contribution in [2.24, 2.45) is 5.73 Å². The van der Waals surface area contributed by atoms with E-state index >= 15 is 0 Å². The van der Waals surface area contributed by atoms with Crippen LogP contribution in [0.3, 0.4) is 0 Å². The Hall–Kier alpha value is -1.73. The van der Waals surface area contributed by atoms with Crippen molar-refractivity contribution in [3.8, 4) is 0 Å². The van der Waals surface area contributed by atoms with E-state index in [-0.39, 0.29) is 17.9 Å². The summed E-state index contributed by atoms with van der Waals surface area (Å²) >= 11 is 0. The van der Waals surface area contributed by atoms with Gasteiger partial charge in [0.1, 0.15) is 11.5 Å². The number of halogens is 1. The predicted octanol–water partition coefficient (Wildman–Crippen LogP) is 1.16. The Balaban J connectivity index is 2.93. The Kier molecular flexibility index (Phi) is 4.57. The van der Waals surface area contributed by atoms with Crippen LogP contribution in [0.4, 0.5) is 15.8 Å². The molecule has 0 saturated carbocycles. The Morgan fingerprint density at radius 1 is 1.61 bits per heavy atom. The molecule has 7 heteroatoms. The number of hydrogen-bond acceptors (Lipinski definition) is 5. The molecule has 4 N–H and O–H groups in total. The van der Waals surface area contributed by atoms with Crippen molar-refractivity contribution in [2.45, 2.75) is 26.0 Å². The summed E-state index contributed by atoms with van der Waals surface area (Å²) in [6, 6.07) is 1.66. The second kappa shape index (κ2) is 5.74. The van der Waals surface area contributed by atoms with E-state index in [1.165, 1.54) is 19.9 Å². The van der Waals surface area contributed by atoms with Gasteiger partial charge in [-0.15, -0.1) is 0 Å². The topological polar surface area (TPSA) is 101 Å². The van der Waals surface area contributed by atoms with Gasteiger partial charge in [0.05, 0.1) is 17.1 Å². The molecule has 1 aromatic rings. The number of nitrogens with zero attached hydrogens (tertiary/aromatic N) is 1. The molecular formula is C11H16FN3O3. The van der Waals surface area contributed by atoms with Crippen molar-refractivity contribution in [3.63, 3.8) is 0 Å². The maximum Gasteiger partial charge on any atom is 0.295 e. The van der Waals surface area contributed by atoms with Crippen LogP contribution in [0.15, 0.2) is 12.1 Å². The van der Waals surface area contributed by atoms with Crippen molar-refractivity contribution in [2.75, 3.05) is 11.9 Å². The number of aliphatic hydroxyl groups is 1. The monoisotopic (exact) mass is 257 g/mol. The predicted molar refractivity (Wildman–Crippen MR) is 65.9 cm³/mol. The Morgan fingerprint density at radius 3 is 2.72 bits per heavy atom. The number of nitro benzene ring substituents is 1. The van der Waals surface area contributed by atoms with E-state index in [1.54, 1.807) is 0 Å². The van der Waals surface area contributed by atoms with E-state index in [9.17, 15) is 19.6 Å². The van der Waals surface area contributed by atoms with Crippen LogP contribution in [0.1, 0.15) is 12.5 Å². The summed E-state index contributed by atoms with van der Waals surface area (Å²) in [6.45, 7) is 3.19. The van der Waals surface area contributed by atoms with Crippen molar-refractivity contribution >= 4 is 11.4 Å². The van der Waals surface area contributed by atoms with Gasteiger partial charge in [-0.3, -0.25) is 10.1 Å². The molecule has 0 spiro atoms. The van der Waals surface area contributed by atoms with Crippen LogP contribution in [0, 0.1) is 22.9 Å². The van der Waals surface area contributed by atoms with E-state index in [2.05, 4.69) is 5.32 Å². The Bertz CT molecular complexity index is 451. The average Bonchev–Trinajstić information content (AvgIpc) is 2.29. The fourth-order valence-electron chi connectivity index (χ4n) is 1.36. The van der Waals surface area contributed by atoms with Gasteiger partial charge in [-0.2, -0.15) is 0 Å². The van der Waals surface area contributed by atoms with Gasteiger partial charge in [0, 0.05) is 12.6 Å². The lowest BCUT2D eigenvalue weighted by Gasteiger charge is -2.16. The van der Waals surface area contributed by atoms with Crippen molar-refractivity contribution < 1.29 is 14.4 Å². The number of rotatable bonds is 5. The third-order valence-corrected chi connectivity index (χ3v) is 2.62. The van der Waals surface area contributed by atoms with Crippen LogP contribution >= 0.6 is 0 Å². The number of benzene rings is 1. The zero-order valence-electron chi connectivity index (χ0n) is 10.2. The first-order valence-corrected chi connectivity index (χ1v) is 5.45. The maximum atomic E-state index is 13.2. The summed E-state index contributed by atoms with van der Waals surface area (Å²) in [5, 5.41) is 22.7. The number of nitrogens with one attached hydrogen (secondary N) is 1. The molecule has 2 unspecified atom stereocenters. The first kappa shape index (κ1) is 14.3. The first-order chi connectivity index (χ1) is 8.32. The fourth-order valence-corrected chi connectivity index (χ4v) is 1.36. The Morgan fingerprint density at radius 2 is 2.22 bits per heavy atom. The molecule has 2 atom stereocenters. The zero-order valence-corrected chi connectivity index (χ0v) is 10.2. The summed E-state index contributed by atoms with van der Waals surface area (Å²) in [5.74, 6) is -0.632. The van der Waals surface area contributed by atoms with Gasteiger partial charge in [-0.1, -0.05) is 0 Å². The van der Waals surface area contributed by atoms with Gasteiger partial charge < -0.3 is 16.2 Å². The highest BCUT2D eigenvalue weighted by atomic mass is 19.1. The summed E-state index contributed by atoms with van der Waals surface area (Å²) in [4.78, 5) is 10.1. The lowest BCUT2D eigenvalue weighted by molar-refractivity contribution is -0.384. The van der Waals surface area contributed by atoms with Gasteiger partial charge in [-0.05, 0) is 25.5 Å². The molecule has 6 nitrogen and oxygen atoms in total. The largest absolute Gasteiger partial charge is 0.392 e. The van der Waals surface area contributed by atoms with Crippen LogP contribution in [-0.4, -0.2) is 28.7 Å². The van der Waals surface area contributed by atoms with Crippen molar-refractivity contribution in [3.05, 3.63) is 33.6 Å². The summed E-state index contributed by atoms with van der Waals surface area (Å²) < 4.78 is 13.2. The minimum Gasteiger partial charge on any atom is -0.392 e. The molecule has 18 heavy (non-hydrogen) atoms. The smallest absolute Gasteiger partial charge is 0.295 e. The van der Waals surface area contributed by atoms with Crippen LogP contribution in [0.5, 0.6) is 0 Å². The third-order valence-electron chi connectivity index (χ3n) is 2.62. The lowest BCUT2D eigenvalue weighted by Crippen LogP contribution is -2.38. The number of hydrogen-bond donors (Lipinski definition) is 3.